The average molecular weight is 312 g/mol. The number of hydrogen-bond acceptors (Lipinski definition) is 5. The highest BCUT2D eigenvalue weighted by atomic mass is 16.2. The minimum absolute atomic E-state index is 0.0393. The Bertz CT molecular complexity index is 826. The molecule has 1 atom stereocenters. The number of hydrogen-bond donors (Lipinski definition) is 1. The molecule has 1 aromatic rings. The fourth-order valence-corrected chi connectivity index (χ4v) is 3.41. The molecule has 1 fully saturated rings. The molecule has 4 amide bonds. The summed E-state index contributed by atoms with van der Waals surface area (Å²) in [4.78, 5) is 61.0. The summed E-state index contributed by atoms with van der Waals surface area (Å²) in [5.41, 5.74) is 1.64. The van der Waals surface area contributed by atoms with Gasteiger partial charge in [0, 0.05) is 18.4 Å². The molecule has 0 spiro atoms. The zero-order valence-corrected chi connectivity index (χ0v) is 12.0. The van der Waals surface area contributed by atoms with E-state index in [0.29, 0.717) is 18.4 Å². The third kappa shape index (κ3) is 1.86. The van der Waals surface area contributed by atoms with E-state index in [9.17, 15) is 24.0 Å². The monoisotopic (exact) mass is 312 g/mol. The second kappa shape index (κ2) is 4.58. The molecule has 7 heteroatoms. The fraction of sp³-hybridized carbons (Fsp3) is 0.312. The molecule has 1 saturated heterocycles. The predicted molar refractivity (Wildman–Crippen MR) is 75.8 cm³/mol. The molecule has 0 bridgehead atoms. The highest BCUT2D eigenvalue weighted by Crippen LogP contribution is 2.32. The molecule has 1 aromatic carbocycles. The summed E-state index contributed by atoms with van der Waals surface area (Å²) < 4.78 is 0. The minimum Gasteiger partial charge on any atom is -0.295 e. The van der Waals surface area contributed by atoms with Crippen LogP contribution in [0.3, 0.4) is 0 Å². The van der Waals surface area contributed by atoms with Gasteiger partial charge in [0.15, 0.2) is 5.78 Å². The highest BCUT2D eigenvalue weighted by molar-refractivity contribution is 6.24. The number of fused-ring (bicyclic) bond motifs is 2. The molecular formula is C16H12N2O5. The van der Waals surface area contributed by atoms with Crippen LogP contribution < -0.4 is 5.32 Å². The summed E-state index contributed by atoms with van der Waals surface area (Å²) in [5, 5.41) is 2.15. The second-order valence-electron chi connectivity index (χ2n) is 5.93. The SMILES string of the molecule is O=C1CCC(N2C(=O)c3cc4c(cc3C2=O)C(=O)CC4)C(=O)N1. The summed E-state index contributed by atoms with van der Waals surface area (Å²) in [6.07, 6.45) is 1.15. The molecule has 116 valence electrons. The van der Waals surface area contributed by atoms with Crippen molar-refractivity contribution in [1.82, 2.24) is 10.2 Å². The summed E-state index contributed by atoms with van der Waals surface area (Å²) >= 11 is 0. The van der Waals surface area contributed by atoms with Gasteiger partial charge in [-0.15, -0.1) is 0 Å². The number of nitrogens with one attached hydrogen (secondary N) is 1. The number of carbonyl (C=O) groups is 5. The van der Waals surface area contributed by atoms with Crippen LogP contribution >= 0.6 is 0 Å². The zero-order chi connectivity index (χ0) is 16.3. The maximum atomic E-state index is 12.6. The second-order valence-corrected chi connectivity index (χ2v) is 5.93. The zero-order valence-electron chi connectivity index (χ0n) is 12.0. The number of nitrogens with zero attached hydrogens (tertiary/aromatic N) is 1. The standard InChI is InChI=1S/C16H12N2O5/c19-12-3-1-7-5-9-10(6-8(7)12)16(23)18(15(9)22)11-2-4-13(20)17-14(11)21/h5-6,11H,1-4H2,(H,17,20,21). The number of aryl methyl sites for hydroxylation is 1. The lowest BCUT2D eigenvalue weighted by Gasteiger charge is -2.27. The van der Waals surface area contributed by atoms with Gasteiger partial charge in [0.25, 0.3) is 11.8 Å². The Balaban J connectivity index is 1.74. The topological polar surface area (TPSA) is 101 Å². The summed E-state index contributed by atoms with van der Waals surface area (Å²) in [7, 11) is 0. The Morgan fingerprint density at radius 3 is 2.26 bits per heavy atom. The number of ketones is 1. The first-order valence-corrected chi connectivity index (χ1v) is 7.39. The van der Waals surface area contributed by atoms with Crippen LogP contribution in [0.4, 0.5) is 0 Å². The number of Topliss-reactive ketones (excluding diaryl/α,β-unsaturated/α-hetero) is 1. The molecule has 1 aliphatic carbocycles. The lowest BCUT2D eigenvalue weighted by Crippen LogP contribution is -2.54. The van der Waals surface area contributed by atoms with E-state index in [2.05, 4.69) is 5.32 Å². The van der Waals surface area contributed by atoms with Gasteiger partial charge in [-0.05, 0) is 30.5 Å². The normalized spacial score (nSPS) is 23.2. The van der Waals surface area contributed by atoms with Crippen LogP contribution in [0.1, 0.15) is 55.9 Å². The van der Waals surface area contributed by atoms with E-state index in [0.717, 1.165) is 10.5 Å². The maximum Gasteiger partial charge on any atom is 0.262 e. The van der Waals surface area contributed by atoms with E-state index < -0.39 is 29.7 Å². The number of piperidine rings is 1. The van der Waals surface area contributed by atoms with Gasteiger partial charge in [-0.3, -0.25) is 34.2 Å². The Labute approximate surface area is 130 Å². The maximum absolute atomic E-state index is 12.6. The number of imide groups is 2. The fourth-order valence-electron chi connectivity index (χ4n) is 3.41. The summed E-state index contributed by atoms with van der Waals surface area (Å²) in [6, 6.07) is 2.07. The van der Waals surface area contributed by atoms with Gasteiger partial charge in [0.1, 0.15) is 6.04 Å². The van der Waals surface area contributed by atoms with E-state index >= 15 is 0 Å². The molecule has 2 heterocycles. The van der Waals surface area contributed by atoms with Crippen LogP contribution in [-0.2, 0) is 16.0 Å². The van der Waals surface area contributed by atoms with Crippen LogP contribution in [-0.4, -0.2) is 40.4 Å². The molecule has 23 heavy (non-hydrogen) atoms. The minimum atomic E-state index is -0.981. The van der Waals surface area contributed by atoms with Crippen molar-refractivity contribution in [2.45, 2.75) is 31.7 Å². The third-order valence-corrected chi connectivity index (χ3v) is 4.59. The van der Waals surface area contributed by atoms with Gasteiger partial charge in [0.2, 0.25) is 11.8 Å². The average Bonchev–Trinajstić information content (AvgIpc) is 2.99. The summed E-state index contributed by atoms with van der Waals surface area (Å²) in [6.45, 7) is 0. The van der Waals surface area contributed by atoms with Gasteiger partial charge < -0.3 is 0 Å². The molecule has 4 rings (SSSR count). The van der Waals surface area contributed by atoms with Gasteiger partial charge in [0.05, 0.1) is 11.1 Å². The first-order chi connectivity index (χ1) is 11.0. The van der Waals surface area contributed by atoms with E-state index in [1.54, 1.807) is 6.07 Å². The molecule has 1 N–H and O–H groups in total. The van der Waals surface area contributed by atoms with Crippen LogP contribution in [0.5, 0.6) is 0 Å². The van der Waals surface area contributed by atoms with E-state index in [-0.39, 0.29) is 29.8 Å². The van der Waals surface area contributed by atoms with E-state index in [4.69, 9.17) is 0 Å². The van der Waals surface area contributed by atoms with Gasteiger partial charge in [-0.1, -0.05) is 0 Å². The van der Waals surface area contributed by atoms with Crippen molar-refractivity contribution in [3.05, 3.63) is 34.4 Å². The number of amides is 4. The van der Waals surface area contributed by atoms with Crippen molar-refractivity contribution in [1.29, 1.82) is 0 Å². The molecule has 0 aromatic heterocycles. The lowest BCUT2D eigenvalue weighted by molar-refractivity contribution is -0.136. The Hall–Kier alpha value is -2.83. The predicted octanol–water partition coefficient (Wildman–Crippen LogP) is 0.217. The quantitative estimate of drug-likeness (QED) is 0.747. The van der Waals surface area contributed by atoms with Crippen LogP contribution in [0.25, 0.3) is 0 Å². The smallest absolute Gasteiger partial charge is 0.262 e. The van der Waals surface area contributed by atoms with Crippen LogP contribution in [0.2, 0.25) is 0 Å². The highest BCUT2D eigenvalue weighted by Gasteiger charge is 2.45. The third-order valence-electron chi connectivity index (χ3n) is 4.59. The molecule has 1 unspecified atom stereocenters. The Kier molecular flexibility index (Phi) is 2.75. The van der Waals surface area contributed by atoms with Gasteiger partial charge >= 0.3 is 0 Å². The lowest BCUT2D eigenvalue weighted by atomic mass is 10.0. The molecule has 0 radical (unpaired) electrons. The number of benzene rings is 1. The van der Waals surface area contributed by atoms with Crippen molar-refractivity contribution < 1.29 is 24.0 Å². The summed E-state index contributed by atoms with van der Waals surface area (Å²) in [5.74, 6) is -2.21. The molecule has 0 saturated carbocycles. The molecule has 7 nitrogen and oxygen atoms in total. The van der Waals surface area contributed by atoms with Crippen molar-refractivity contribution in [2.75, 3.05) is 0 Å². The van der Waals surface area contributed by atoms with Crippen LogP contribution in [0, 0.1) is 0 Å². The van der Waals surface area contributed by atoms with E-state index in [1.807, 2.05) is 0 Å². The Morgan fingerprint density at radius 2 is 1.57 bits per heavy atom. The van der Waals surface area contributed by atoms with Crippen molar-refractivity contribution >= 4 is 29.4 Å². The van der Waals surface area contributed by atoms with E-state index in [1.165, 1.54) is 6.07 Å². The molecule has 3 aliphatic rings. The molecule has 2 aliphatic heterocycles. The number of carbonyl (C=O) groups excluding carboxylic acids is 5. The van der Waals surface area contributed by atoms with Crippen molar-refractivity contribution in [2.24, 2.45) is 0 Å². The van der Waals surface area contributed by atoms with Gasteiger partial charge in [-0.25, -0.2) is 0 Å². The molecular weight excluding hydrogens is 300 g/mol. The largest absolute Gasteiger partial charge is 0.295 e. The van der Waals surface area contributed by atoms with Gasteiger partial charge in [-0.2, -0.15) is 0 Å². The number of rotatable bonds is 1. The Morgan fingerprint density at radius 1 is 0.870 bits per heavy atom. The van der Waals surface area contributed by atoms with Crippen molar-refractivity contribution in [3.8, 4) is 0 Å². The van der Waals surface area contributed by atoms with Crippen molar-refractivity contribution in [3.63, 3.8) is 0 Å². The first-order valence-electron chi connectivity index (χ1n) is 7.39. The first kappa shape index (κ1) is 13.8. The van der Waals surface area contributed by atoms with Crippen LogP contribution in [0.15, 0.2) is 12.1 Å².